The summed E-state index contributed by atoms with van der Waals surface area (Å²) in [5, 5.41) is 5.46. The maximum atomic E-state index is 13.3. The number of benzene rings is 2. The van der Waals surface area contributed by atoms with Crippen molar-refractivity contribution in [3.05, 3.63) is 70.6 Å². The van der Waals surface area contributed by atoms with Gasteiger partial charge in [-0.1, -0.05) is 42.0 Å². The average molecular weight is 557 g/mol. The molecule has 0 bridgehead atoms. The number of morpholine rings is 1. The molecule has 4 rings (SSSR count). The van der Waals surface area contributed by atoms with Crippen LogP contribution in [0.3, 0.4) is 0 Å². The number of ketones is 1. The van der Waals surface area contributed by atoms with Gasteiger partial charge in [0, 0.05) is 29.6 Å². The topological polar surface area (TPSA) is 102 Å². The minimum atomic E-state index is -3.78. The van der Waals surface area contributed by atoms with E-state index >= 15 is 0 Å². The number of carbonyl (C=O) groups excluding carboxylic acids is 2. The van der Waals surface area contributed by atoms with E-state index in [0.29, 0.717) is 10.6 Å². The minimum Gasteiger partial charge on any atom is -0.462 e. The van der Waals surface area contributed by atoms with Gasteiger partial charge < -0.3 is 14.8 Å². The second-order valence-electron chi connectivity index (χ2n) is 9.32. The van der Waals surface area contributed by atoms with Gasteiger partial charge in [0.1, 0.15) is 10.6 Å². The van der Waals surface area contributed by atoms with Crippen molar-refractivity contribution < 1.29 is 27.5 Å². The molecule has 1 N–H and O–H groups in total. The highest BCUT2D eigenvalue weighted by Gasteiger charge is 2.32. The highest BCUT2D eigenvalue weighted by atomic mass is 32.2. The minimum absolute atomic E-state index is 0.0645. The summed E-state index contributed by atoms with van der Waals surface area (Å²) in [7, 11) is -3.78. The zero-order valence-electron chi connectivity index (χ0n) is 21.9. The predicted molar refractivity (Wildman–Crippen MR) is 148 cm³/mol. The Morgan fingerprint density at radius 3 is 2.45 bits per heavy atom. The molecule has 1 aliphatic rings. The van der Waals surface area contributed by atoms with Crippen molar-refractivity contribution in [3.63, 3.8) is 0 Å². The summed E-state index contributed by atoms with van der Waals surface area (Å²) in [5.74, 6) is -0.771. The number of ether oxygens (including phenoxy) is 2. The molecular formula is C28H32N2O6S2. The number of nitrogens with zero attached hydrogens (tertiary/aromatic N) is 1. The van der Waals surface area contributed by atoms with Crippen LogP contribution in [-0.2, 0) is 19.5 Å². The van der Waals surface area contributed by atoms with E-state index in [0.717, 1.165) is 16.7 Å². The first-order valence-corrected chi connectivity index (χ1v) is 14.8. The number of nitrogens with one attached hydrogen (secondary N) is 1. The van der Waals surface area contributed by atoms with Crippen LogP contribution in [0.1, 0.15) is 47.1 Å². The summed E-state index contributed by atoms with van der Waals surface area (Å²) in [4.78, 5) is 26.0. The van der Waals surface area contributed by atoms with Gasteiger partial charge in [0.15, 0.2) is 5.78 Å². The fraction of sp³-hybridized carbons (Fsp3) is 0.357. The Labute approximate surface area is 227 Å². The smallest absolute Gasteiger partial charge is 0.341 e. The van der Waals surface area contributed by atoms with Gasteiger partial charge >= 0.3 is 5.97 Å². The largest absolute Gasteiger partial charge is 0.462 e. The van der Waals surface area contributed by atoms with Gasteiger partial charge in [-0.25, -0.2) is 13.2 Å². The average Bonchev–Trinajstić information content (AvgIpc) is 3.31. The molecule has 1 aromatic heterocycles. The molecule has 2 aromatic carbocycles. The number of aryl methyl sites for hydroxylation is 1. The van der Waals surface area contributed by atoms with Gasteiger partial charge in [0.05, 0.1) is 30.3 Å². The Hall–Kier alpha value is -3.05. The number of rotatable bonds is 9. The van der Waals surface area contributed by atoms with Gasteiger partial charge in [-0.05, 0) is 45.4 Å². The molecule has 1 aliphatic heterocycles. The quantitative estimate of drug-likeness (QED) is 0.293. The number of hydrogen-bond acceptors (Lipinski definition) is 8. The first kappa shape index (κ1) is 28.0. The van der Waals surface area contributed by atoms with Crippen LogP contribution in [0, 0.1) is 6.92 Å². The van der Waals surface area contributed by atoms with E-state index in [1.165, 1.54) is 27.8 Å². The standard InChI is InChI=1S/C28H32N2O6S2/c1-5-35-28(32)26-24(21-11-9-18(2)10-12-21)17-37-27(26)29-14-25(31)22-7-6-8-23(13-22)38(33,34)30-15-19(3)36-20(4)16-30/h6-13,17,19-20,29H,5,14-16H2,1-4H3. The van der Waals surface area contributed by atoms with Crippen LogP contribution in [0.25, 0.3) is 11.1 Å². The van der Waals surface area contributed by atoms with E-state index in [2.05, 4.69) is 5.32 Å². The molecule has 0 saturated carbocycles. The molecule has 10 heteroatoms. The number of thiophene rings is 1. The second-order valence-corrected chi connectivity index (χ2v) is 12.1. The lowest BCUT2D eigenvalue weighted by Gasteiger charge is -2.34. The Morgan fingerprint density at radius 1 is 1.11 bits per heavy atom. The molecular weight excluding hydrogens is 524 g/mol. The van der Waals surface area contributed by atoms with Crippen molar-refractivity contribution in [2.45, 2.75) is 44.8 Å². The maximum Gasteiger partial charge on any atom is 0.341 e. The fourth-order valence-corrected chi connectivity index (χ4v) is 7.00. The molecule has 0 spiro atoms. The molecule has 2 heterocycles. The van der Waals surface area contributed by atoms with Crippen LogP contribution in [0.2, 0.25) is 0 Å². The number of hydrogen-bond donors (Lipinski definition) is 1. The molecule has 202 valence electrons. The highest BCUT2D eigenvalue weighted by Crippen LogP contribution is 2.36. The summed E-state index contributed by atoms with van der Waals surface area (Å²) < 4.78 is 38.9. The first-order valence-electron chi connectivity index (χ1n) is 12.5. The van der Waals surface area contributed by atoms with Crippen molar-refractivity contribution in [3.8, 4) is 11.1 Å². The van der Waals surface area contributed by atoms with Gasteiger partial charge in [0.2, 0.25) is 10.0 Å². The van der Waals surface area contributed by atoms with Gasteiger partial charge in [0.25, 0.3) is 0 Å². The van der Waals surface area contributed by atoms with Crippen LogP contribution in [0.5, 0.6) is 0 Å². The fourth-order valence-electron chi connectivity index (χ4n) is 4.41. The van der Waals surface area contributed by atoms with E-state index < -0.39 is 16.0 Å². The third kappa shape index (κ3) is 6.15. The summed E-state index contributed by atoms with van der Waals surface area (Å²) in [6.45, 7) is 8.02. The SMILES string of the molecule is CCOC(=O)c1c(-c2ccc(C)cc2)csc1NCC(=O)c1cccc(S(=O)(=O)N2CC(C)OC(C)C2)c1. The molecule has 0 aliphatic carbocycles. The third-order valence-electron chi connectivity index (χ3n) is 6.22. The van der Waals surface area contributed by atoms with E-state index in [9.17, 15) is 18.0 Å². The molecule has 2 atom stereocenters. The Bertz CT molecular complexity index is 1410. The van der Waals surface area contributed by atoms with Gasteiger partial charge in [-0.15, -0.1) is 11.3 Å². The lowest BCUT2D eigenvalue weighted by atomic mass is 10.0. The monoisotopic (exact) mass is 556 g/mol. The lowest BCUT2D eigenvalue weighted by Crippen LogP contribution is -2.48. The van der Waals surface area contributed by atoms with Gasteiger partial charge in [-0.3, -0.25) is 4.79 Å². The van der Waals surface area contributed by atoms with Crippen molar-refractivity contribution in [1.29, 1.82) is 0 Å². The van der Waals surface area contributed by atoms with Crippen LogP contribution in [0.4, 0.5) is 5.00 Å². The van der Waals surface area contributed by atoms with Crippen molar-refractivity contribution in [2.24, 2.45) is 0 Å². The lowest BCUT2D eigenvalue weighted by molar-refractivity contribution is -0.0440. The van der Waals surface area contributed by atoms with Crippen LogP contribution < -0.4 is 5.32 Å². The van der Waals surface area contributed by atoms with Crippen LogP contribution in [0.15, 0.2) is 58.8 Å². The molecule has 0 amide bonds. The number of esters is 1. The van der Waals surface area contributed by atoms with E-state index in [4.69, 9.17) is 9.47 Å². The number of Topliss-reactive ketones (excluding diaryl/α,β-unsaturated/α-hetero) is 1. The number of carbonyl (C=O) groups is 2. The van der Waals surface area contributed by atoms with Crippen molar-refractivity contribution >= 4 is 38.1 Å². The first-order chi connectivity index (χ1) is 18.1. The van der Waals surface area contributed by atoms with Crippen molar-refractivity contribution in [2.75, 3.05) is 31.6 Å². The Kier molecular flexibility index (Phi) is 8.67. The molecule has 1 saturated heterocycles. The normalized spacial score (nSPS) is 18.2. The summed E-state index contributed by atoms with van der Waals surface area (Å²) in [6.07, 6.45) is -0.432. The zero-order chi connectivity index (χ0) is 27.4. The van der Waals surface area contributed by atoms with E-state index in [-0.39, 0.29) is 54.7 Å². The molecule has 38 heavy (non-hydrogen) atoms. The highest BCUT2D eigenvalue weighted by molar-refractivity contribution is 7.89. The van der Waals surface area contributed by atoms with Crippen molar-refractivity contribution in [1.82, 2.24) is 4.31 Å². The molecule has 3 aromatic rings. The second kappa shape index (κ2) is 11.8. The third-order valence-corrected chi connectivity index (χ3v) is 8.99. The zero-order valence-corrected chi connectivity index (χ0v) is 23.5. The molecule has 8 nitrogen and oxygen atoms in total. The predicted octanol–water partition coefficient (Wildman–Crippen LogP) is 4.99. The van der Waals surface area contributed by atoms with E-state index in [1.54, 1.807) is 19.1 Å². The summed E-state index contributed by atoms with van der Waals surface area (Å²) >= 11 is 1.31. The van der Waals surface area contributed by atoms with Gasteiger partial charge in [-0.2, -0.15) is 4.31 Å². The Morgan fingerprint density at radius 2 is 1.79 bits per heavy atom. The van der Waals surface area contributed by atoms with E-state index in [1.807, 2.05) is 50.4 Å². The maximum absolute atomic E-state index is 13.3. The number of anilines is 1. The summed E-state index contributed by atoms with van der Waals surface area (Å²) in [6, 6.07) is 13.9. The molecule has 1 fully saturated rings. The molecule has 2 unspecified atom stereocenters. The number of sulfonamides is 1. The summed E-state index contributed by atoms with van der Waals surface area (Å²) in [5.41, 5.74) is 3.35. The molecule has 0 radical (unpaired) electrons. The van der Waals surface area contributed by atoms with Crippen LogP contribution in [-0.4, -0.2) is 62.9 Å². The Balaban J connectivity index is 1.54. The van der Waals surface area contributed by atoms with Crippen LogP contribution >= 0.6 is 11.3 Å².